The molecule has 0 aromatic carbocycles. The zero-order valence-electron chi connectivity index (χ0n) is 8.69. The Balaban J connectivity index is 3.78. The molecule has 0 aliphatic rings. The third kappa shape index (κ3) is 7.45. The van der Waals surface area contributed by atoms with Crippen molar-refractivity contribution < 1.29 is 23.3 Å². The predicted octanol–water partition coefficient (Wildman–Crippen LogP) is 1.48. The molecule has 0 fully saturated rings. The summed E-state index contributed by atoms with van der Waals surface area (Å²) in [4.78, 5) is 20.0. The van der Waals surface area contributed by atoms with E-state index in [1.54, 1.807) is 13.8 Å². The molecule has 0 radical (unpaired) electrons. The van der Waals surface area contributed by atoms with Gasteiger partial charge in [-0.15, -0.1) is 0 Å². The normalized spacial score (nSPS) is 13.9. The fraction of sp³-hybridized carbons (Fsp3) is 0.857. The van der Waals surface area contributed by atoms with Crippen molar-refractivity contribution >= 4 is 34.6 Å². The molecular weight excluding hydrogens is 258 g/mol. The molecule has 1 N–H and O–H groups in total. The zero-order valence-corrected chi connectivity index (χ0v) is 11.7. The van der Waals surface area contributed by atoms with Gasteiger partial charge < -0.3 is 13.9 Å². The van der Waals surface area contributed by atoms with Crippen molar-refractivity contribution in [2.75, 3.05) is 19.0 Å². The molecule has 0 aliphatic heterocycles. The van der Waals surface area contributed by atoms with Crippen LogP contribution in [-0.2, 0) is 18.4 Å². The number of carbonyl (C=O) groups excluding carboxylic acids is 1. The Kier molecular flexibility index (Phi) is 8.06. The third-order valence-electron chi connectivity index (χ3n) is 1.54. The summed E-state index contributed by atoms with van der Waals surface area (Å²) in [5, 5.41) is -0.0221. The van der Waals surface area contributed by atoms with E-state index in [9.17, 15) is 9.36 Å². The Morgan fingerprint density at radius 3 is 2.67 bits per heavy atom. The molecule has 0 saturated carbocycles. The van der Waals surface area contributed by atoms with Crippen LogP contribution < -0.4 is 0 Å². The first-order chi connectivity index (χ1) is 6.90. The van der Waals surface area contributed by atoms with E-state index in [1.807, 2.05) is 0 Å². The molecule has 8 heteroatoms. The molecule has 0 rings (SSSR count). The molecule has 2 unspecified atom stereocenters. The van der Waals surface area contributed by atoms with Crippen molar-refractivity contribution in [2.24, 2.45) is 5.41 Å². The van der Waals surface area contributed by atoms with E-state index >= 15 is 0 Å². The highest BCUT2D eigenvalue weighted by Gasteiger charge is 2.27. The van der Waals surface area contributed by atoms with E-state index in [4.69, 9.17) is 9.42 Å². The van der Waals surface area contributed by atoms with Crippen LogP contribution in [0.2, 0.25) is 0 Å². The number of thioether (sulfide) groups is 1. The first-order valence-corrected chi connectivity index (χ1v) is 6.97. The zero-order chi connectivity index (χ0) is 11.9. The summed E-state index contributed by atoms with van der Waals surface area (Å²) in [6.07, 6.45) is 0. The molecule has 90 valence electrons. The minimum Gasteiger partial charge on any atom is -0.365 e. The second-order valence-corrected chi connectivity index (χ2v) is 5.67. The number of hydrogen-bond acceptors (Lipinski definition) is 5. The quantitative estimate of drug-likeness (QED) is 0.560. The summed E-state index contributed by atoms with van der Waals surface area (Å²) >= 11 is 1.08. The van der Waals surface area contributed by atoms with Gasteiger partial charge in [0.15, 0.2) is 5.12 Å². The lowest BCUT2D eigenvalue weighted by Crippen LogP contribution is -2.26. The highest BCUT2D eigenvalue weighted by atomic mass is 32.2. The molecule has 15 heavy (non-hydrogen) atoms. The minimum atomic E-state index is -2.88. The van der Waals surface area contributed by atoms with Gasteiger partial charge in [-0.3, -0.25) is 9.36 Å². The summed E-state index contributed by atoms with van der Waals surface area (Å²) < 4.78 is 19.5. The van der Waals surface area contributed by atoms with Gasteiger partial charge in [0.1, 0.15) is 0 Å². The lowest BCUT2D eigenvalue weighted by atomic mass is 9.97. The van der Waals surface area contributed by atoms with E-state index in [2.05, 4.69) is 14.0 Å². The van der Waals surface area contributed by atoms with Gasteiger partial charge >= 0.3 is 8.25 Å². The highest BCUT2D eigenvalue weighted by molar-refractivity contribution is 8.13. The minimum absolute atomic E-state index is 0.0221. The second-order valence-electron chi connectivity index (χ2n) is 3.45. The maximum absolute atomic E-state index is 11.6. The van der Waals surface area contributed by atoms with Crippen molar-refractivity contribution in [3.05, 3.63) is 0 Å². The Bertz CT molecular complexity index is 233. The van der Waals surface area contributed by atoms with E-state index in [1.165, 1.54) is 0 Å². The van der Waals surface area contributed by atoms with Crippen LogP contribution in [0.25, 0.3) is 0 Å². The Morgan fingerprint density at radius 1 is 1.60 bits per heavy atom. The Morgan fingerprint density at radius 2 is 2.20 bits per heavy atom. The van der Waals surface area contributed by atoms with Crippen LogP contribution in [0.5, 0.6) is 0 Å². The summed E-state index contributed by atoms with van der Waals surface area (Å²) in [6, 6.07) is 0. The van der Waals surface area contributed by atoms with E-state index in [-0.39, 0.29) is 11.7 Å². The largest absolute Gasteiger partial charge is 0.365 e. The standard InChI is InChI=1S/C7H16O5P2S/c1-7(2,5-11-13)6(8)15-4-3-12-14(9)10/h14H,3-5,13H2,1-2H3,(H,9,10). The number of hydrogen-bond donors (Lipinski definition) is 1. The van der Waals surface area contributed by atoms with Gasteiger partial charge in [-0.2, -0.15) is 0 Å². The Labute approximate surface area is 96.5 Å². The number of rotatable bonds is 7. The molecule has 0 aliphatic carbocycles. The van der Waals surface area contributed by atoms with Gasteiger partial charge in [-0.1, -0.05) is 11.8 Å². The van der Waals surface area contributed by atoms with Gasteiger partial charge in [0.2, 0.25) is 0 Å². The topological polar surface area (TPSA) is 72.8 Å². The van der Waals surface area contributed by atoms with Crippen molar-refractivity contribution in [3.8, 4) is 0 Å². The molecule has 0 heterocycles. The average Bonchev–Trinajstić information content (AvgIpc) is 2.11. The van der Waals surface area contributed by atoms with Crippen LogP contribution in [-0.4, -0.2) is 29.0 Å². The van der Waals surface area contributed by atoms with Crippen LogP contribution in [0.3, 0.4) is 0 Å². The molecule has 5 nitrogen and oxygen atoms in total. The van der Waals surface area contributed by atoms with Crippen LogP contribution in [0.1, 0.15) is 13.8 Å². The summed E-state index contributed by atoms with van der Waals surface area (Å²) in [5.74, 6) is 0.371. The smallest absolute Gasteiger partial charge is 0.316 e. The molecule has 2 atom stereocenters. The highest BCUT2D eigenvalue weighted by Crippen LogP contribution is 2.25. The third-order valence-corrected chi connectivity index (χ3v) is 3.34. The first kappa shape index (κ1) is 15.6. The summed E-state index contributed by atoms with van der Waals surface area (Å²) in [6.45, 7) is 3.98. The molecule has 0 spiro atoms. The molecule has 0 aromatic heterocycles. The van der Waals surface area contributed by atoms with Gasteiger partial charge in [-0.05, 0) is 13.8 Å². The van der Waals surface area contributed by atoms with Crippen LogP contribution in [0, 0.1) is 5.41 Å². The molecular formula is C7H16O5P2S. The van der Waals surface area contributed by atoms with E-state index in [0.717, 1.165) is 11.8 Å². The SMILES string of the molecule is CC(C)(COP)C(=O)SCCO[PH](=O)O. The number of carbonyl (C=O) groups is 1. The lowest BCUT2D eigenvalue weighted by molar-refractivity contribution is -0.119. The monoisotopic (exact) mass is 274 g/mol. The van der Waals surface area contributed by atoms with Crippen molar-refractivity contribution in [2.45, 2.75) is 13.8 Å². The molecule has 0 amide bonds. The van der Waals surface area contributed by atoms with Crippen molar-refractivity contribution in [1.82, 2.24) is 0 Å². The molecule has 0 bridgehead atoms. The fourth-order valence-corrected chi connectivity index (χ4v) is 2.37. The molecule has 0 saturated heterocycles. The maximum atomic E-state index is 11.6. The maximum Gasteiger partial charge on any atom is 0.316 e. The van der Waals surface area contributed by atoms with Gasteiger partial charge in [0.25, 0.3) is 0 Å². The lowest BCUT2D eigenvalue weighted by Gasteiger charge is -2.20. The predicted molar refractivity (Wildman–Crippen MR) is 64.1 cm³/mol. The van der Waals surface area contributed by atoms with Gasteiger partial charge in [0.05, 0.1) is 18.6 Å². The van der Waals surface area contributed by atoms with E-state index < -0.39 is 13.7 Å². The van der Waals surface area contributed by atoms with Crippen LogP contribution in [0.15, 0.2) is 0 Å². The van der Waals surface area contributed by atoms with Gasteiger partial charge in [-0.25, -0.2) is 0 Å². The van der Waals surface area contributed by atoms with Crippen molar-refractivity contribution in [1.29, 1.82) is 0 Å². The molecule has 0 aromatic rings. The summed E-state index contributed by atoms with van der Waals surface area (Å²) in [7, 11) is -0.780. The summed E-state index contributed by atoms with van der Waals surface area (Å²) in [5.41, 5.74) is -0.559. The second kappa shape index (κ2) is 7.77. The Hall–Kier alpha value is 0.560. The van der Waals surface area contributed by atoms with Crippen molar-refractivity contribution in [3.63, 3.8) is 0 Å². The fourth-order valence-electron chi connectivity index (χ4n) is 0.726. The van der Waals surface area contributed by atoms with E-state index in [0.29, 0.717) is 12.4 Å². The van der Waals surface area contributed by atoms with Gasteiger partial charge in [0, 0.05) is 15.2 Å². The first-order valence-electron chi connectivity index (χ1n) is 4.25. The average molecular weight is 274 g/mol. The van der Waals surface area contributed by atoms with Crippen LogP contribution >= 0.6 is 29.5 Å². The van der Waals surface area contributed by atoms with Crippen LogP contribution in [0.4, 0.5) is 0 Å².